The van der Waals surface area contributed by atoms with Crippen molar-refractivity contribution in [2.45, 2.75) is 20.8 Å². The first-order chi connectivity index (χ1) is 17.9. The molecule has 0 saturated heterocycles. The number of esters is 1. The fraction of sp³-hybridized carbons (Fsp3) is 0.172. The number of hydrogen-bond acceptors (Lipinski definition) is 6. The highest BCUT2D eigenvalue weighted by Crippen LogP contribution is 2.28. The van der Waals surface area contributed by atoms with E-state index in [1.54, 1.807) is 62.4 Å². The molecule has 1 heterocycles. The molecule has 2 amide bonds. The Morgan fingerprint density at radius 2 is 1.76 bits per heavy atom. The van der Waals surface area contributed by atoms with E-state index < -0.39 is 5.97 Å². The van der Waals surface area contributed by atoms with Crippen molar-refractivity contribution in [2.75, 3.05) is 23.5 Å². The van der Waals surface area contributed by atoms with E-state index in [0.717, 1.165) is 5.56 Å². The Bertz CT molecular complexity index is 1390. The maximum atomic E-state index is 13.2. The number of nitrogens with zero attached hydrogens (tertiary/aromatic N) is 2. The van der Waals surface area contributed by atoms with E-state index in [9.17, 15) is 14.4 Å². The number of anilines is 2. The van der Waals surface area contributed by atoms with Crippen LogP contribution in [-0.4, -0.2) is 36.7 Å². The number of ether oxygens (including phenoxy) is 2. The van der Waals surface area contributed by atoms with Crippen LogP contribution in [0.3, 0.4) is 0 Å². The molecule has 0 atom stereocenters. The summed E-state index contributed by atoms with van der Waals surface area (Å²) in [5.74, 6) is -0.563. The highest BCUT2D eigenvalue weighted by atomic mass is 16.5. The number of hydrazone groups is 1. The van der Waals surface area contributed by atoms with E-state index >= 15 is 0 Å². The van der Waals surface area contributed by atoms with Crippen LogP contribution in [0.1, 0.15) is 35.3 Å². The van der Waals surface area contributed by atoms with Gasteiger partial charge in [0.1, 0.15) is 5.75 Å². The Balaban J connectivity index is 1.47. The number of carbonyl (C=O) groups excluding carboxylic acids is 3. The summed E-state index contributed by atoms with van der Waals surface area (Å²) < 4.78 is 10.8. The van der Waals surface area contributed by atoms with Gasteiger partial charge in [-0.05, 0) is 74.9 Å². The van der Waals surface area contributed by atoms with Crippen LogP contribution >= 0.6 is 0 Å². The molecule has 8 heteroatoms. The molecule has 3 aromatic rings. The van der Waals surface area contributed by atoms with Gasteiger partial charge in [0.25, 0.3) is 11.8 Å². The number of aryl methyl sites for hydroxylation is 1. The molecule has 0 aromatic heterocycles. The highest BCUT2D eigenvalue weighted by Gasteiger charge is 2.29. The van der Waals surface area contributed by atoms with Crippen molar-refractivity contribution in [3.05, 3.63) is 95.1 Å². The number of rotatable bonds is 8. The molecule has 0 saturated carbocycles. The molecular formula is C29H27N3O5. The zero-order valence-corrected chi connectivity index (χ0v) is 20.9. The minimum absolute atomic E-state index is 0.186. The number of hydrogen-bond donors (Lipinski definition) is 1. The SMILES string of the molecule is CCOC(=O)c1ccc(N2N=C(C)C(=Cc3ccccc3OCC(=O)Nc3cccc(C)c3)C2=O)cc1. The predicted octanol–water partition coefficient (Wildman–Crippen LogP) is 5.00. The zero-order chi connectivity index (χ0) is 26.4. The van der Waals surface area contributed by atoms with Gasteiger partial charge in [-0.25, -0.2) is 4.79 Å². The molecular weight excluding hydrogens is 470 g/mol. The second-order valence-electron chi connectivity index (χ2n) is 8.37. The van der Waals surface area contributed by atoms with Crippen LogP contribution in [0.15, 0.2) is 83.5 Å². The van der Waals surface area contributed by atoms with Crippen LogP contribution in [0.25, 0.3) is 6.08 Å². The van der Waals surface area contributed by atoms with Gasteiger partial charge in [0.05, 0.1) is 29.1 Å². The molecule has 37 heavy (non-hydrogen) atoms. The van der Waals surface area contributed by atoms with Crippen LogP contribution in [0.4, 0.5) is 11.4 Å². The Morgan fingerprint density at radius 1 is 1.00 bits per heavy atom. The second-order valence-corrected chi connectivity index (χ2v) is 8.37. The van der Waals surface area contributed by atoms with Crippen molar-refractivity contribution in [1.82, 2.24) is 0 Å². The van der Waals surface area contributed by atoms with Gasteiger partial charge < -0.3 is 14.8 Å². The fourth-order valence-electron chi connectivity index (χ4n) is 3.76. The average molecular weight is 498 g/mol. The first-order valence-corrected chi connectivity index (χ1v) is 11.8. The molecule has 3 aromatic carbocycles. The summed E-state index contributed by atoms with van der Waals surface area (Å²) in [6.45, 7) is 5.53. The predicted molar refractivity (Wildman–Crippen MR) is 143 cm³/mol. The van der Waals surface area contributed by atoms with Crippen LogP contribution in [0.2, 0.25) is 0 Å². The molecule has 1 aliphatic rings. The summed E-state index contributed by atoms with van der Waals surface area (Å²) in [5.41, 5.74) is 4.23. The van der Waals surface area contributed by atoms with Crippen LogP contribution in [0, 0.1) is 6.92 Å². The Kier molecular flexibility index (Phi) is 7.78. The molecule has 1 N–H and O–H groups in total. The van der Waals surface area contributed by atoms with Crippen LogP contribution < -0.4 is 15.1 Å². The monoisotopic (exact) mass is 497 g/mol. The van der Waals surface area contributed by atoms with E-state index in [1.807, 2.05) is 37.3 Å². The molecule has 1 aliphatic heterocycles. The maximum absolute atomic E-state index is 13.2. The Morgan fingerprint density at radius 3 is 2.49 bits per heavy atom. The second kappa shape index (κ2) is 11.3. The standard InChI is InChI=1S/C29H27N3O5/c1-4-36-29(35)21-12-14-24(15-13-21)32-28(34)25(20(3)31-32)17-22-9-5-6-11-26(22)37-18-27(33)30-23-10-7-8-19(2)16-23/h5-17H,4,18H2,1-3H3,(H,30,33). The van der Waals surface area contributed by atoms with Gasteiger partial charge in [-0.1, -0.05) is 30.3 Å². The normalized spacial score (nSPS) is 13.9. The molecule has 0 fully saturated rings. The summed E-state index contributed by atoms with van der Waals surface area (Å²) in [6, 6.07) is 21.2. The lowest BCUT2D eigenvalue weighted by Gasteiger charge is -2.13. The van der Waals surface area contributed by atoms with Crippen molar-refractivity contribution in [3.63, 3.8) is 0 Å². The molecule has 0 bridgehead atoms. The molecule has 0 unspecified atom stereocenters. The van der Waals surface area contributed by atoms with Crippen molar-refractivity contribution < 1.29 is 23.9 Å². The van der Waals surface area contributed by atoms with Crippen molar-refractivity contribution >= 4 is 40.9 Å². The van der Waals surface area contributed by atoms with Crippen molar-refractivity contribution in [3.8, 4) is 5.75 Å². The fourth-order valence-corrected chi connectivity index (χ4v) is 3.76. The first-order valence-electron chi connectivity index (χ1n) is 11.8. The Hall–Kier alpha value is -4.72. The van der Waals surface area contributed by atoms with Gasteiger partial charge >= 0.3 is 5.97 Å². The third-order valence-electron chi connectivity index (χ3n) is 5.57. The average Bonchev–Trinajstić information content (AvgIpc) is 3.17. The summed E-state index contributed by atoms with van der Waals surface area (Å²) in [6.07, 6.45) is 1.70. The largest absolute Gasteiger partial charge is 0.483 e. The first kappa shape index (κ1) is 25.4. The number of nitrogens with one attached hydrogen (secondary N) is 1. The topological polar surface area (TPSA) is 97.3 Å². The number of benzene rings is 3. The van der Waals surface area contributed by atoms with E-state index in [4.69, 9.17) is 9.47 Å². The lowest BCUT2D eigenvalue weighted by molar-refractivity contribution is -0.118. The third kappa shape index (κ3) is 6.10. The van der Waals surface area contributed by atoms with E-state index in [1.165, 1.54) is 5.01 Å². The highest BCUT2D eigenvalue weighted by molar-refractivity contribution is 6.32. The van der Waals surface area contributed by atoms with Crippen LogP contribution in [-0.2, 0) is 14.3 Å². The number of carbonyl (C=O) groups is 3. The van der Waals surface area contributed by atoms with Crippen molar-refractivity contribution in [1.29, 1.82) is 0 Å². The minimum Gasteiger partial charge on any atom is -0.483 e. The quantitative estimate of drug-likeness (QED) is 0.349. The zero-order valence-electron chi connectivity index (χ0n) is 20.9. The molecule has 8 nitrogen and oxygen atoms in total. The number of amides is 2. The summed E-state index contributed by atoms with van der Waals surface area (Å²) in [7, 11) is 0. The smallest absolute Gasteiger partial charge is 0.338 e. The maximum Gasteiger partial charge on any atom is 0.338 e. The third-order valence-corrected chi connectivity index (χ3v) is 5.57. The van der Waals surface area contributed by atoms with Gasteiger partial charge in [0.15, 0.2) is 6.61 Å². The number of para-hydroxylation sites is 1. The lowest BCUT2D eigenvalue weighted by Crippen LogP contribution is -2.21. The van der Waals surface area contributed by atoms with Crippen molar-refractivity contribution in [2.24, 2.45) is 5.10 Å². The summed E-state index contributed by atoms with van der Waals surface area (Å²) in [5, 5.41) is 8.50. The molecule has 0 aliphatic carbocycles. The summed E-state index contributed by atoms with van der Waals surface area (Å²) >= 11 is 0. The van der Waals surface area contributed by atoms with Gasteiger partial charge in [0, 0.05) is 11.3 Å². The van der Waals surface area contributed by atoms with Crippen LogP contribution in [0.5, 0.6) is 5.75 Å². The molecule has 4 rings (SSSR count). The molecule has 0 radical (unpaired) electrons. The molecule has 0 spiro atoms. The van der Waals surface area contributed by atoms with Gasteiger partial charge in [-0.3, -0.25) is 9.59 Å². The Labute approximate surface area is 215 Å². The van der Waals surface area contributed by atoms with Gasteiger partial charge in [0.2, 0.25) is 0 Å². The van der Waals surface area contributed by atoms with E-state index in [2.05, 4.69) is 10.4 Å². The molecule has 188 valence electrons. The minimum atomic E-state index is -0.425. The van der Waals surface area contributed by atoms with Gasteiger partial charge in [-0.15, -0.1) is 0 Å². The van der Waals surface area contributed by atoms with E-state index in [0.29, 0.717) is 39.5 Å². The van der Waals surface area contributed by atoms with Gasteiger partial charge in [-0.2, -0.15) is 10.1 Å². The summed E-state index contributed by atoms with van der Waals surface area (Å²) in [4.78, 5) is 37.5. The van der Waals surface area contributed by atoms with E-state index in [-0.39, 0.29) is 25.0 Å². The lowest BCUT2D eigenvalue weighted by atomic mass is 10.1.